The molecule has 1 N–H and O–H groups in total. The highest BCUT2D eigenvalue weighted by Gasteiger charge is 2.22. The summed E-state index contributed by atoms with van der Waals surface area (Å²) in [6.45, 7) is 5.98. The van der Waals surface area contributed by atoms with Gasteiger partial charge in [-0.3, -0.25) is 0 Å². The number of methoxy groups -OCH3 is 1. The molecule has 1 aliphatic rings. The SMILES string of the molecule is CCNC1CCCOc2c(OC)cc(C)cc21. The molecule has 0 fully saturated rings. The third kappa shape index (κ3) is 2.55. The molecule has 3 heteroatoms. The summed E-state index contributed by atoms with van der Waals surface area (Å²) in [5.74, 6) is 1.77. The molecule has 0 saturated carbocycles. The predicted molar refractivity (Wildman–Crippen MR) is 68.9 cm³/mol. The first-order valence-corrected chi connectivity index (χ1v) is 6.31. The zero-order valence-electron chi connectivity index (χ0n) is 10.9. The summed E-state index contributed by atoms with van der Waals surface area (Å²) in [5, 5.41) is 3.52. The minimum atomic E-state index is 0.381. The minimum absolute atomic E-state index is 0.381. The van der Waals surface area contributed by atoms with Crippen LogP contribution < -0.4 is 14.8 Å². The summed E-state index contributed by atoms with van der Waals surface area (Å²) in [7, 11) is 1.70. The van der Waals surface area contributed by atoms with E-state index in [-0.39, 0.29) is 0 Å². The van der Waals surface area contributed by atoms with Gasteiger partial charge in [0.05, 0.1) is 13.7 Å². The lowest BCUT2D eigenvalue weighted by Crippen LogP contribution is -2.20. The van der Waals surface area contributed by atoms with Gasteiger partial charge in [-0.2, -0.15) is 0 Å². The quantitative estimate of drug-likeness (QED) is 0.874. The lowest BCUT2D eigenvalue weighted by atomic mass is 9.99. The van der Waals surface area contributed by atoms with E-state index in [4.69, 9.17) is 9.47 Å². The highest BCUT2D eigenvalue weighted by molar-refractivity contribution is 5.51. The topological polar surface area (TPSA) is 30.5 Å². The van der Waals surface area contributed by atoms with E-state index in [2.05, 4.69) is 25.2 Å². The van der Waals surface area contributed by atoms with Gasteiger partial charge in [-0.15, -0.1) is 0 Å². The average Bonchev–Trinajstić information content (AvgIpc) is 2.52. The van der Waals surface area contributed by atoms with Crippen molar-refractivity contribution in [2.24, 2.45) is 0 Å². The summed E-state index contributed by atoms with van der Waals surface area (Å²) in [4.78, 5) is 0. The molecule has 0 amide bonds. The predicted octanol–water partition coefficient (Wildman–Crippen LogP) is 2.83. The molecule has 1 aromatic carbocycles. The molecule has 1 aliphatic heterocycles. The van der Waals surface area contributed by atoms with Gasteiger partial charge in [0.2, 0.25) is 0 Å². The number of aryl methyl sites for hydroxylation is 1. The number of benzene rings is 1. The Bertz CT molecular complexity index is 390. The fraction of sp³-hybridized carbons (Fsp3) is 0.571. The highest BCUT2D eigenvalue weighted by Crippen LogP contribution is 2.39. The Balaban J connectivity index is 2.45. The Morgan fingerprint density at radius 3 is 3.00 bits per heavy atom. The van der Waals surface area contributed by atoms with Crippen molar-refractivity contribution in [2.45, 2.75) is 32.7 Å². The number of hydrogen-bond donors (Lipinski definition) is 1. The molecule has 2 rings (SSSR count). The first-order valence-electron chi connectivity index (χ1n) is 6.31. The van der Waals surface area contributed by atoms with Crippen molar-refractivity contribution in [2.75, 3.05) is 20.3 Å². The van der Waals surface area contributed by atoms with Crippen LogP contribution in [-0.4, -0.2) is 20.3 Å². The van der Waals surface area contributed by atoms with Crippen molar-refractivity contribution in [1.82, 2.24) is 5.32 Å². The molecule has 17 heavy (non-hydrogen) atoms. The van der Waals surface area contributed by atoms with E-state index in [0.29, 0.717) is 6.04 Å². The lowest BCUT2D eigenvalue weighted by molar-refractivity contribution is 0.294. The fourth-order valence-corrected chi connectivity index (χ4v) is 2.41. The van der Waals surface area contributed by atoms with Crippen molar-refractivity contribution < 1.29 is 9.47 Å². The standard InChI is InChI=1S/C14H21NO2/c1-4-15-12-6-5-7-17-14-11(12)8-10(2)9-13(14)16-3/h8-9,12,15H,4-7H2,1-3H3. The zero-order valence-corrected chi connectivity index (χ0v) is 10.9. The molecule has 0 saturated heterocycles. The third-order valence-corrected chi connectivity index (χ3v) is 3.16. The number of nitrogens with one attached hydrogen (secondary N) is 1. The number of hydrogen-bond acceptors (Lipinski definition) is 3. The summed E-state index contributed by atoms with van der Waals surface area (Å²) in [5.41, 5.74) is 2.45. The van der Waals surface area contributed by atoms with Crippen molar-refractivity contribution >= 4 is 0 Å². The summed E-state index contributed by atoms with van der Waals surface area (Å²) in [6, 6.07) is 4.62. The minimum Gasteiger partial charge on any atom is -0.493 e. The number of fused-ring (bicyclic) bond motifs is 1. The van der Waals surface area contributed by atoms with Gasteiger partial charge < -0.3 is 14.8 Å². The zero-order chi connectivity index (χ0) is 12.3. The molecule has 0 bridgehead atoms. The molecular formula is C14H21NO2. The van der Waals surface area contributed by atoms with Crippen LogP contribution in [0.2, 0.25) is 0 Å². The van der Waals surface area contributed by atoms with Gasteiger partial charge in [0.15, 0.2) is 11.5 Å². The van der Waals surface area contributed by atoms with Crippen molar-refractivity contribution in [3.8, 4) is 11.5 Å². The first-order chi connectivity index (χ1) is 8.26. The fourth-order valence-electron chi connectivity index (χ4n) is 2.41. The van der Waals surface area contributed by atoms with Crippen LogP contribution >= 0.6 is 0 Å². The van der Waals surface area contributed by atoms with Crippen LogP contribution in [0.4, 0.5) is 0 Å². The smallest absolute Gasteiger partial charge is 0.165 e. The second-order valence-corrected chi connectivity index (χ2v) is 4.49. The highest BCUT2D eigenvalue weighted by atomic mass is 16.5. The maximum atomic E-state index is 5.84. The van der Waals surface area contributed by atoms with Crippen LogP contribution in [0.3, 0.4) is 0 Å². The molecular weight excluding hydrogens is 214 g/mol. The van der Waals surface area contributed by atoms with Crippen molar-refractivity contribution in [3.63, 3.8) is 0 Å². The maximum absolute atomic E-state index is 5.84. The molecule has 0 aromatic heterocycles. The van der Waals surface area contributed by atoms with Gasteiger partial charge >= 0.3 is 0 Å². The molecule has 1 aromatic rings. The molecule has 1 atom stereocenters. The van der Waals surface area contributed by atoms with Crippen LogP contribution in [0.25, 0.3) is 0 Å². The van der Waals surface area contributed by atoms with Crippen LogP contribution in [0.1, 0.15) is 36.9 Å². The van der Waals surface area contributed by atoms with Crippen LogP contribution in [-0.2, 0) is 0 Å². The van der Waals surface area contributed by atoms with Crippen molar-refractivity contribution in [1.29, 1.82) is 0 Å². The van der Waals surface area contributed by atoms with Gasteiger partial charge in [-0.1, -0.05) is 13.0 Å². The first kappa shape index (κ1) is 12.2. The third-order valence-electron chi connectivity index (χ3n) is 3.16. The second kappa shape index (κ2) is 5.41. The van der Waals surface area contributed by atoms with Gasteiger partial charge in [0, 0.05) is 11.6 Å². The molecule has 0 spiro atoms. The summed E-state index contributed by atoms with van der Waals surface area (Å²) >= 11 is 0. The molecule has 3 nitrogen and oxygen atoms in total. The Morgan fingerprint density at radius 2 is 2.29 bits per heavy atom. The van der Waals surface area contributed by atoms with Gasteiger partial charge in [0.25, 0.3) is 0 Å². The normalized spacial score (nSPS) is 19.1. The average molecular weight is 235 g/mol. The Kier molecular flexibility index (Phi) is 3.89. The Morgan fingerprint density at radius 1 is 1.47 bits per heavy atom. The van der Waals surface area contributed by atoms with E-state index in [1.54, 1.807) is 7.11 Å². The van der Waals surface area contributed by atoms with E-state index in [1.807, 2.05) is 6.07 Å². The van der Waals surface area contributed by atoms with Gasteiger partial charge in [-0.05, 0) is 37.9 Å². The van der Waals surface area contributed by atoms with Crippen LogP contribution in [0.15, 0.2) is 12.1 Å². The maximum Gasteiger partial charge on any atom is 0.165 e. The van der Waals surface area contributed by atoms with E-state index >= 15 is 0 Å². The van der Waals surface area contributed by atoms with Crippen molar-refractivity contribution in [3.05, 3.63) is 23.3 Å². The molecule has 1 heterocycles. The molecule has 1 unspecified atom stereocenters. The van der Waals surface area contributed by atoms with Gasteiger partial charge in [0.1, 0.15) is 0 Å². The summed E-state index contributed by atoms with van der Waals surface area (Å²) < 4.78 is 11.3. The van der Waals surface area contributed by atoms with E-state index in [9.17, 15) is 0 Å². The van der Waals surface area contributed by atoms with Crippen LogP contribution in [0, 0.1) is 6.92 Å². The molecule has 94 valence electrons. The largest absolute Gasteiger partial charge is 0.493 e. The van der Waals surface area contributed by atoms with Gasteiger partial charge in [-0.25, -0.2) is 0 Å². The molecule has 0 radical (unpaired) electrons. The van der Waals surface area contributed by atoms with E-state index in [0.717, 1.165) is 37.5 Å². The summed E-state index contributed by atoms with van der Waals surface area (Å²) in [6.07, 6.45) is 2.20. The molecule has 0 aliphatic carbocycles. The number of ether oxygens (including phenoxy) is 2. The Labute approximate surface area is 103 Å². The second-order valence-electron chi connectivity index (χ2n) is 4.49. The van der Waals surface area contributed by atoms with E-state index < -0.39 is 0 Å². The number of rotatable bonds is 3. The Hall–Kier alpha value is -1.22. The monoisotopic (exact) mass is 235 g/mol. The van der Waals surface area contributed by atoms with E-state index in [1.165, 1.54) is 11.1 Å². The van der Waals surface area contributed by atoms with Crippen LogP contribution in [0.5, 0.6) is 11.5 Å². The lowest BCUT2D eigenvalue weighted by Gasteiger charge is -2.19.